The third-order valence-electron chi connectivity index (χ3n) is 13.3. The molecular weight excluding hydrogens is 1010 g/mol. The summed E-state index contributed by atoms with van der Waals surface area (Å²) in [5.41, 5.74) is 4.41. The van der Waals surface area contributed by atoms with Gasteiger partial charge >= 0.3 is 6.18 Å². The number of halogens is 3. The lowest BCUT2D eigenvalue weighted by Gasteiger charge is -2.36. The number of carbonyl (C=O) groups excluding carboxylic acids is 4. The van der Waals surface area contributed by atoms with Gasteiger partial charge in [-0.2, -0.15) is 13.2 Å². The molecule has 4 heterocycles. The normalized spacial score (nSPS) is 16.9. The van der Waals surface area contributed by atoms with Gasteiger partial charge in [-0.05, 0) is 54.7 Å². The number of aryl methyl sites for hydroxylation is 1. The molecule has 7 rings (SSSR count). The van der Waals surface area contributed by atoms with Gasteiger partial charge in [-0.1, -0.05) is 57.2 Å². The van der Waals surface area contributed by atoms with Crippen LogP contribution >= 0.6 is 11.3 Å². The first kappa shape index (κ1) is 56.9. The number of aliphatic hydroxyl groups excluding tert-OH is 1. The molecule has 0 spiro atoms. The van der Waals surface area contributed by atoms with Crippen molar-refractivity contribution in [1.29, 1.82) is 0 Å². The molecular formula is C54H67F3N10O8S. The number of thiazole rings is 1. The molecule has 0 radical (unpaired) electrons. The van der Waals surface area contributed by atoms with Crippen LogP contribution in [0.1, 0.15) is 67.3 Å². The van der Waals surface area contributed by atoms with E-state index in [9.17, 15) is 37.5 Å². The summed E-state index contributed by atoms with van der Waals surface area (Å²) in [5, 5.41) is 24.8. The summed E-state index contributed by atoms with van der Waals surface area (Å²) < 4.78 is 59.4. The monoisotopic (exact) mass is 1070 g/mol. The van der Waals surface area contributed by atoms with Gasteiger partial charge in [0.05, 0.1) is 83.3 Å². The Hall–Kier alpha value is -6.85. The standard InChI is InChI=1S/C54H67F3N10O8S/c1-33(35-12-14-36(15-13-35)48-34(2)60-32-76-48)61-51(71)44-27-38(68)30-67(44)52(72)49(53(3,4)5)64-47(69)31-75-25-24-74-23-22-65-18-20-66(21-19-65)37-16-17-42(45(26-37)73-7)63-46-28-43(40(29-59-46)54(55,56)57)62-41-11-9-8-10-39(41)50(70)58-6/h8-17,26,28-29,32-33,38,44,49,68H,18-25,27,30-31H2,1-7H3,(H,58,70)(H,61,71)(H,64,69)(H2,59,62,63)/t33-,38+,44-,49+/m0/s1. The van der Waals surface area contributed by atoms with Gasteiger partial charge in [0, 0.05) is 76.8 Å². The van der Waals surface area contributed by atoms with Gasteiger partial charge in [-0.15, -0.1) is 11.3 Å². The number of benzene rings is 3. The van der Waals surface area contributed by atoms with E-state index >= 15 is 0 Å². The molecule has 2 fully saturated rings. The van der Waals surface area contributed by atoms with E-state index in [1.807, 2.05) is 71.0 Å². The van der Waals surface area contributed by atoms with Crippen LogP contribution in [0, 0.1) is 12.3 Å². The fourth-order valence-electron chi connectivity index (χ4n) is 9.07. The lowest BCUT2D eigenvalue weighted by atomic mass is 9.85. The van der Waals surface area contributed by atoms with Gasteiger partial charge in [0.2, 0.25) is 17.7 Å². The number of rotatable bonds is 21. The van der Waals surface area contributed by atoms with Gasteiger partial charge in [0.1, 0.15) is 30.3 Å². The van der Waals surface area contributed by atoms with E-state index in [1.165, 1.54) is 37.3 Å². The number of piperazine rings is 1. The highest BCUT2D eigenvalue weighted by Crippen LogP contribution is 2.39. The van der Waals surface area contributed by atoms with E-state index in [0.29, 0.717) is 37.7 Å². The molecule has 2 aliphatic rings. The van der Waals surface area contributed by atoms with Crippen molar-refractivity contribution in [2.75, 3.05) is 95.4 Å². The van der Waals surface area contributed by atoms with Crippen LogP contribution in [0.4, 0.5) is 41.7 Å². The number of nitrogens with zero attached hydrogens (tertiary/aromatic N) is 5. The third kappa shape index (κ3) is 14.5. The topological polar surface area (TPSA) is 212 Å². The number of alkyl halides is 3. The van der Waals surface area contributed by atoms with Crippen molar-refractivity contribution in [3.63, 3.8) is 0 Å². The molecule has 2 saturated heterocycles. The number of pyridine rings is 1. The number of aromatic nitrogens is 2. The summed E-state index contributed by atoms with van der Waals surface area (Å²) in [6.07, 6.45) is -4.81. The SMILES string of the molecule is CNC(=O)c1ccccc1Nc1cc(Nc2ccc(N3CCN(CCOCCOCC(=O)N[C@H](C(=O)N4C[C@H](O)C[C@H]4C(=O)N[C@@H](C)c4ccc(-c5scnc5C)cc4)C(C)(C)C)CC3)cc2OC)ncc1C(F)(F)F. The second-order valence-electron chi connectivity index (χ2n) is 19.7. The highest BCUT2D eigenvalue weighted by molar-refractivity contribution is 7.13. The number of ether oxygens (including phenoxy) is 3. The van der Waals surface area contributed by atoms with E-state index in [0.717, 1.165) is 46.7 Å². The number of hydrogen-bond donors (Lipinski definition) is 6. The van der Waals surface area contributed by atoms with Crippen LogP contribution in [0.2, 0.25) is 0 Å². The summed E-state index contributed by atoms with van der Waals surface area (Å²) in [4.78, 5) is 68.7. The Morgan fingerprint density at radius 2 is 1.59 bits per heavy atom. The molecule has 22 heteroatoms. The first-order chi connectivity index (χ1) is 36.2. The van der Waals surface area contributed by atoms with Gasteiger partial charge in [0.25, 0.3) is 5.91 Å². The highest BCUT2D eigenvalue weighted by Gasteiger charge is 2.45. The van der Waals surface area contributed by atoms with Crippen LogP contribution in [0.25, 0.3) is 10.4 Å². The third-order valence-corrected chi connectivity index (χ3v) is 14.3. The van der Waals surface area contributed by atoms with Gasteiger partial charge < -0.3 is 55.7 Å². The van der Waals surface area contributed by atoms with E-state index < -0.39 is 53.1 Å². The Morgan fingerprint density at radius 3 is 2.26 bits per heavy atom. The number of carbonyl (C=O) groups is 4. The zero-order chi connectivity index (χ0) is 54.7. The second kappa shape index (κ2) is 25.3. The van der Waals surface area contributed by atoms with Crippen LogP contribution in [0.3, 0.4) is 0 Å². The molecule has 4 amide bonds. The average Bonchev–Trinajstić information content (AvgIpc) is 4.02. The van der Waals surface area contributed by atoms with Crippen molar-refractivity contribution in [3.05, 3.63) is 107 Å². The van der Waals surface area contributed by atoms with Crippen molar-refractivity contribution in [2.45, 2.75) is 71.4 Å². The molecule has 0 aliphatic carbocycles. The molecule has 18 nitrogen and oxygen atoms in total. The van der Waals surface area contributed by atoms with Gasteiger partial charge in [0.15, 0.2) is 0 Å². The van der Waals surface area contributed by atoms with Crippen LogP contribution < -0.4 is 36.2 Å². The number of nitrogens with one attached hydrogen (secondary N) is 5. The Balaban J connectivity index is 0.825. The largest absolute Gasteiger partial charge is 0.494 e. The number of anilines is 5. The van der Waals surface area contributed by atoms with Crippen LogP contribution in [0.15, 0.2) is 84.5 Å². The summed E-state index contributed by atoms with van der Waals surface area (Å²) >= 11 is 1.56. The molecule has 2 aliphatic heterocycles. The molecule has 2 aromatic heterocycles. The first-order valence-electron chi connectivity index (χ1n) is 25.1. The minimum absolute atomic E-state index is 0.0408. The predicted octanol–water partition coefficient (Wildman–Crippen LogP) is 6.91. The maximum absolute atomic E-state index is 14.1. The zero-order valence-corrected chi connectivity index (χ0v) is 44.6. The molecule has 76 heavy (non-hydrogen) atoms. The minimum Gasteiger partial charge on any atom is -0.494 e. The highest BCUT2D eigenvalue weighted by atomic mass is 32.1. The van der Waals surface area contributed by atoms with Gasteiger partial charge in [-0.3, -0.25) is 24.1 Å². The van der Waals surface area contributed by atoms with Crippen LogP contribution in [-0.2, 0) is 30.0 Å². The molecule has 0 unspecified atom stereocenters. The maximum atomic E-state index is 14.1. The number of β-amino-alcohol motifs (C(OH)–C–C–N with tert-alkyl or cyclic N) is 1. The number of para-hydroxylation sites is 1. The number of amides is 4. The van der Waals surface area contributed by atoms with E-state index in [-0.39, 0.29) is 67.5 Å². The Labute approximate surface area is 444 Å². The number of aliphatic hydroxyl groups is 1. The van der Waals surface area contributed by atoms with Crippen molar-refractivity contribution in [1.82, 2.24) is 35.7 Å². The van der Waals surface area contributed by atoms with Gasteiger partial charge in [-0.25, -0.2) is 9.97 Å². The number of hydrogen-bond acceptors (Lipinski definition) is 15. The molecule has 0 saturated carbocycles. The minimum atomic E-state index is -4.72. The zero-order valence-electron chi connectivity index (χ0n) is 43.8. The van der Waals surface area contributed by atoms with Crippen molar-refractivity contribution < 1.29 is 51.7 Å². The summed E-state index contributed by atoms with van der Waals surface area (Å²) in [6, 6.07) is 18.6. The summed E-state index contributed by atoms with van der Waals surface area (Å²) in [6.45, 7) is 13.4. The molecule has 3 aromatic carbocycles. The maximum Gasteiger partial charge on any atom is 0.419 e. The second-order valence-corrected chi connectivity index (χ2v) is 20.6. The molecule has 6 N–H and O–H groups in total. The fraction of sp³-hybridized carbons (Fsp3) is 0.444. The van der Waals surface area contributed by atoms with E-state index in [4.69, 9.17) is 14.2 Å². The smallest absolute Gasteiger partial charge is 0.419 e. The molecule has 4 atom stereocenters. The Kier molecular flexibility index (Phi) is 19.0. The molecule has 0 bridgehead atoms. The van der Waals surface area contributed by atoms with E-state index in [2.05, 4.69) is 46.4 Å². The van der Waals surface area contributed by atoms with Crippen molar-refractivity contribution in [3.8, 4) is 16.2 Å². The van der Waals surface area contributed by atoms with Crippen molar-refractivity contribution >= 4 is 63.5 Å². The predicted molar refractivity (Wildman–Crippen MR) is 285 cm³/mol. The summed E-state index contributed by atoms with van der Waals surface area (Å²) in [5.74, 6) is -1.23. The average molecular weight is 1070 g/mol. The number of methoxy groups -OCH3 is 1. The Morgan fingerprint density at radius 1 is 0.868 bits per heavy atom. The molecule has 5 aromatic rings. The number of likely N-dealkylation sites (tertiary alicyclic amines) is 1. The summed E-state index contributed by atoms with van der Waals surface area (Å²) in [7, 11) is 2.95. The lowest BCUT2D eigenvalue weighted by Crippen LogP contribution is -2.58. The fourth-order valence-corrected chi connectivity index (χ4v) is 9.88. The first-order valence-corrected chi connectivity index (χ1v) is 25.9. The van der Waals surface area contributed by atoms with E-state index in [1.54, 1.807) is 35.0 Å². The quantitative estimate of drug-likeness (QED) is 0.0413. The van der Waals surface area contributed by atoms with Crippen LogP contribution in [0.5, 0.6) is 5.75 Å². The van der Waals surface area contributed by atoms with Crippen LogP contribution in [-0.4, -0.2) is 147 Å². The Bertz CT molecular complexity index is 2800. The lowest BCUT2D eigenvalue weighted by molar-refractivity contribution is -0.144. The molecule has 408 valence electrons. The van der Waals surface area contributed by atoms with Crippen molar-refractivity contribution in [2.24, 2.45) is 5.41 Å².